The Bertz CT molecular complexity index is 1760. The molecule has 0 aliphatic carbocycles. The molecular weight excluding hydrogens is 591 g/mol. The summed E-state index contributed by atoms with van der Waals surface area (Å²) in [5, 5.41) is 0. The first kappa shape index (κ1) is 31.3. The van der Waals surface area contributed by atoms with Gasteiger partial charge in [0, 0.05) is 13.1 Å². The van der Waals surface area contributed by atoms with Crippen molar-refractivity contribution in [2.45, 2.75) is 49.8 Å². The second kappa shape index (κ2) is 13.7. The fraction of sp³-hybridized carbons (Fsp3) is 0.171. The van der Waals surface area contributed by atoms with Gasteiger partial charge >= 0.3 is 0 Å². The van der Waals surface area contributed by atoms with Crippen molar-refractivity contribution < 1.29 is 16.8 Å². The molecule has 0 spiro atoms. The maximum Gasteiger partial charge on any atom is 0.243 e. The lowest BCUT2D eigenvalue weighted by molar-refractivity contribution is 0.387. The molecule has 0 bridgehead atoms. The molecule has 0 atom stereocenters. The number of hydrogen-bond donors (Lipinski definition) is 0. The number of benzene rings is 4. The van der Waals surface area contributed by atoms with Gasteiger partial charge in [0.2, 0.25) is 20.0 Å². The number of sulfonamides is 2. The zero-order chi connectivity index (χ0) is 31.2. The van der Waals surface area contributed by atoms with Crippen LogP contribution in [0.2, 0.25) is 0 Å². The van der Waals surface area contributed by atoms with E-state index in [0.29, 0.717) is 11.4 Å². The molecule has 44 heavy (non-hydrogen) atoms. The van der Waals surface area contributed by atoms with E-state index in [1.807, 2.05) is 74.5 Å². The second-order valence-electron chi connectivity index (χ2n) is 10.8. The molecule has 0 saturated carbocycles. The summed E-state index contributed by atoms with van der Waals surface area (Å²) in [5.41, 5.74) is 4.65. The Morgan fingerprint density at radius 3 is 1.18 bits per heavy atom. The summed E-state index contributed by atoms with van der Waals surface area (Å²) in [6.07, 6.45) is 0. The van der Waals surface area contributed by atoms with E-state index in [-0.39, 0.29) is 36.0 Å². The third kappa shape index (κ3) is 7.67. The first-order valence-corrected chi connectivity index (χ1v) is 17.2. The Kier molecular flexibility index (Phi) is 9.71. The summed E-state index contributed by atoms with van der Waals surface area (Å²) < 4.78 is 58.2. The highest BCUT2D eigenvalue weighted by molar-refractivity contribution is 7.89. The molecule has 5 aromatic rings. The van der Waals surface area contributed by atoms with Crippen LogP contribution in [-0.4, -0.2) is 30.4 Å². The minimum atomic E-state index is -3.87. The average molecular weight is 626 g/mol. The maximum absolute atomic E-state index is 13.8. The molecule has 0 aliphatic rings. The minimum Gasteiger partial charge on any atom is -0.255 e. The SMILES string of the molecule is Cc1ccc(S(=O)(=O)N(Cc2ccccc2)Cc2cccc(CN(Cc3ccccc3)S(=O)(=O)c3ccc(C)cc3)n2)cc1. The van der Waals surface area contributed by atoms with Gasteiger partial charge in [0.15, 0.2) is 0 Å². The van der Waals surface area contributed by atoms with Crippen LogP contribution in [-0.2, 0) is 46.2 Å². The summed E-state index contributed by atoms with van der Waals surface area (Å²) in [6, 6.07) is 37.7. The van der Waals surface area contributed by atoms with Crippen LogP contribution >= 0.6 is 0 Å². The molecule has 0 amide bonds. The van der Waals surface area contributed by atoms with Crippen molar-refractivity contribution in [3.05, 3.63) is 161 Å². The number of rotatable bonds is 12. The van der Waals surface area contributed by atoms with Crippen LogP contribution in [0.4, 0.5) is 0 Å². The van der Waals surface area contributed by atoms with Crippen LogP contribution in [0.1, 0.15) is 33.6 Å². The zero-order valence-corrected chi connectivity index (χ0v) is 26.4. The van der Waals surface area contributed by atoms with Gasteiger partial charge in [-0.05, 0) is 61.4 Å². The topological polar surface area (TPSA) is 87.7 Å². The van der Waals surface area contributed by atoms with Crippen LogP contribution in [0.25, 0.3) is 0 Å². The Labute approximate surface area is 260 Å². The molecule has 0 saturated heterocycles. The maximum atomic E-state index is 13.8. The molecule has 5 rings (SSSR count). The fourth-order valence-corrected chi connectivity index (χ4v) is 7.61. The predicted molar refractivity (Wildman–Crippen MR) is 172 cm³/mol. The molecule has 1 aromatic heterocycles. The van der Waals surface area contributed by atoms with Crippen molar-refractivity contribution in [2.75, 3.05) is 0 Å². The minimum absolute atomic E-state index is 0.0162. The summed E-state index contributed by atoms with van der Waals surface area (Å²) in [7, 11) is -7.73. The van der Waals surface area contributed by atoms with E-state index in [4.69, 9.17) is 4.98 Å². The van der Waals surface area contributed by atoms with Gasteiger partial charge in [-0.25, -0.2) is 16.8 Å². The van der Waals surface area contributed by atoms with E-state index in [0.717, 1.165) is 22.3 Å². The van der Waals surface area contributed by atoms with Crippen molar-refractivity contribution in [3.63, 3.8) is 0 Å². The van der Waals surface area contributed by atoms with Crippen LogP contribution in [0.15, 0.2) is 137 Å². The Hall–Kier alpha value is -4.15. The third-order valence-electron chi connectivity index (χ3n) is 7.26. The molecule has 4 aromatic carbocycles. The normalized spacial score (nSPS) is 12.1. The van der Waals surface area contributed by atoms with E-state index < -0.39 is 20.0 Å². The number of pyridine rings is 1. The van der Waals surface area contributed by atoms with Crippen molar-refractivity contribution in [3.8, 4) is 0 Å². The van der Waals surface area contributed by atoms with Gasteiger partial charge in [-0.3, -0.25) is 4.98 Å². The fourth-order valence-electron chi connectivity index (χ4n) is 4.81. The molecule has 7 nitrogen and oxygen atoms in total. The molecule has 1 heterocycles. The standard InChI is InChI=1S/C35H35N3O4S2/c1-28-16-20-34(21-17-28)43(39,40)37(24-30-10-5-3-6-11-30)26-32-14-9-15-33(36-32)27-38(25-31-12-7-4-8-13-31)44(41,42)35-22-18-29(2)19-23-35/h3-23H,24-27H2,1-2H3. The second-order valence-corrected chi connectivity index (χ2v) is 14.6. The van der Waals surface area contributed by atoms with Crippen LogP contribution in [0, 0.1) is 13.8 Å². The first-order chi connectivity index (χ1) is 21.1. The van der Waals surface area contributed by atoms with Gasteiger partial charge < -0.3 is 0 Å². The van der Waals surface area contributed by atoms with Crippen molar-refractivity contribution in [2.24, 2.45) is 0 Å². The van der Waals surface area contributed by atoms with Gasteiger partial charge in [-0.15, -0.1) is 0 Å². The van der Waals surface area contributed by atoms with Crippen LogP contribution < -0.4 is 0 Å². The molecular formula is C35H35N3O4S2. The molecule has 0 unspecified atom stereocenters. The molecule has 0 fully saturated rings. The van der Waals surface area contributed by atoms with Crippen molar-refractivity contribution in [1.29, 1.82) is 0 Å². The first-order valence-electron chi connectivity index (χ1n) is 14.3. The van der Waals surface area contributed by atoms with Crippen LogP contribution in [0.3, 0.4) is 0 Å². The summed E-state index contributed by atoms with van der Waals surface area (Å²) in [4.78, 5) is 5.17. The molecule has 0 aliphatic heterocycles. The lowest BCUT2D eigenvalue weighted by atomic mass is 10.2. The number of hydrogen-bond acceptors (Lipinski definition) is 5. The predicted octanol–water partition coefficient (Wildman–Crippen LogP) is 6.48. The number of aryl methyl sites for hydroxylation is 2. The van der Waals surface area contributed by atoms with Gasteiger partial charge in [0.05, 0.1) is 34.3 Å². The monoisotopic (exact) mass is 625 g/mol. The number of aromatic nitrogens is 1. The average Bonchev–Trinajstić information content (AvgIpc) is 3.02. The number of nitrogens with zero attached hydrogens (tertiary/aromatic N) is 3. The van der Waals surface area contributed by atoms with Gasteiger partial charge in [-0.1, -0.05) is 102 Å². The summed E-state index contributed by atoms with van der Waals surface area (Å²) in [6.45, 7) is 4.17. The van der Waals surface area contributed by atoms with Gasteiger partial charge in [-0.2, -0.15) is 8.61 Å². The lowest BCUT2D eigenvalue weighted by Crippen LogP contribution is -2.32. The van der Waals surface area contributed by atoms with Gasteiger partial charge in [0.25, 0.3) is 0 Å². The molecule has 0 N–H and O–H groups in total. The van der Waals surface area contributed by atoms with Crippen LogP contribution in [0.5, 0.6) is 0 Å². The van der Waals surface area contributed by atoms with E-state index in [1.54, 1.807) is 66.7 Å². The Balaban J connectivity index is 1.46. The highest BCUT2D eigenvalue weighted by Gasteiger charge is 2.27. The van der Waals surface area contributed by atoms with Crippen molar-refractivity contribution in [1.82, 2.24) is 13.6 Å². The Morgan fingerprint density at radius 2 is 0.818 bits per heavy atom. The highest BCUT2D eigenvalue weighted by atomic mass is 32.2. The highest BCUT2D eigenvalue weighted by Crippen LogP contribution is 2.24. The Morgan fingerprint density at radius 1 is 0.455 bits per heavy atom. The van der Waals surface area contributed by atoms with E-state index >= 15 is 0 Å². The largest absolute Gasteiger partial charge is 0.255 e. The molecule has 9 heteroatoms. The lowest BCUT2D eigenvalue weighted by Gasteiger charge is -2.24. The van der Waals surface area contributed by atoms with Crippen molar-refractivity contribution >= 4 is 20.0 Å². The van der Waals surface area contributed by atoms with Gasteiger partial charge in [0.1, 0.15) is 0 Å². The van der Waals surface area contributed by atoms with E-state index in [2.05, 4.69) is 0 Å². The molecule has 0 radical (unpaired) electrons. The zero-order valence-electron chi connectivity index (χ0n) is 24.7. The summed E-state index contributed by atoms with van der Waals surface area (Å²) in [5.74, 6) is 0. The third-order valence-corrected chi connectivity index (χ3v) is 10.9. The van der Waals surface area contributed by atoms with E-state index in [1.165, 1.54) is 8.61 Å². The molecule has 226 valence electrons. The quantitative estimate of drug-likeness (QED) is 0.158. The summed E-state index contributed by atoms with van der Waals surface area (Å²) >= 11 is 0. The van der Waals surface area contributed by atoms with E-state index in [9.17, 15) is 16.8 Å². The smallest absolute Gasteiger partial charge is 0.243 e.